The topological polar surface area (TPSA) is 119 Å². The van der Waals surface area contributed by atoms with Gasteiger partial charge < -0.3 is 10.6 Å². The standard InChI is InChI=1S/C16H20N4O4S/c1-19(2)13-5-3-12(4-6-13)16(17)11-18-25(23,24)15-9-7-14(8-10-15)20(21)22/h3-10,16,18H,11,17H2,1-2H3/t16-/m1/s1. The molecular weight excluding hydrogens is 344 g/mol. The summed E-state index contributed by atoms with van der Waals surface area (Å²) in [6, 6.07) is 11.7. The summed E-state index contributed by atoms with van der Waals surface area (Å²) in [5.41, 5.74) is 7.69. The fourth-order valence-corrected chi connectivity index (χ4v) is 3.23. The Labute approximate surface area is 146 Å². The first kappa shape index (κ1) is 18.8. The Morgan fingerprint density at radius 1 is 1.12 bits per heavy atom. The molecule has 0 aliphatic carbocycles. The maximum Gasteiger partial charge on any atom is 0.269 e. The summed E-state index contributed by atoms with van der Waals surface area (Å²) in [6.45, 7) is 0.0145. The Hall–Kier alpha value is -2.49. The molecule has 0 saturated heterocycles. The lowest BCUT2D eigenvalue weighted by Gasteiger charge is -2.16. The van der Waals surface area contributed by atoms with E-state index in [1.807, 2.05) is 43.3 Å². The highest BCUT2D eigenvalue weighted by atomic mass is 32.2. The third-order valence-electron chi connectivity index (χ3n) is 3.69. The minimum absolute atomic E-state index is 0.0145. The number of benzene rings is 2. The fraction of sp³-hybridized carbons (Fsp3) is 0.250. The fourth-order valence-electron chi connectivity index (χ4n) is 2.17. The van der Waals surface area contributed by atoms with Gasteiger partial charge in [-0.25, -0.2) is 13.1 Å². The van der Waals surface area contributed by atoms with Gasteiger partial charge in [-0.1, -0.05) is 12.1 Å². The Morgan fingerprint density at radius 3 is 2.16 bits per heavy atom. The first-order chi connectivity index (χ1) is 11.7. The van der Waals surface area contributed by atoms with Crippen LogP contribution in [0.1, 0.15) is 11.6 Å². The van der Waals surface area contributed by atoms with Gasteiger partial charge in [0.15, 0.2) is 0 Å². The maximum absolute atomic E-state index is 12.2. The van der Waals surface area contributed by atoms with Crippen LogP contribution in [0.5, 0.6) is 0 Å². The first-order valence-electron chi connectivity index (χ1n) is 7.47. The molecule has 3 N–H and O–H groups in total. The van der Waals surface area contributed by atoms with Crippen LogP contribution >= 0.6 is 0 Å². The van der Waals surface area contributed by atoms with Crippen LogP contribution in [0.3, 0.4) is 0 Å². The lowest BCUT2D eigenvalue weighted by molar-refractivity contribution is -0.384. The molecule has 8 nitrogen and oxygen atoms in total. The van der Waals surface area contributed by atoms with Gasteiger partial charge >= 0.3 is 0 Å². The van der Waals surface area contributed by atoms with Gasteiger partial charge in [-0.2, -0.15) is 0 Å². The predicted molar refractivity (Wildman–Crippen MR) is 96.0 cm³/mol. The minimum Gasteiger partial charge on any atom is -0.378 e. The second-order valence-corrected chi connectivity index (χ2v) is 7.46. The van der Waals surface area contributed by atoms with Gasteiger partial charge in [0.05, 0.1) is 9.82 Å². The molecule has 25 heavy (non-hydrogen) atoms. The lowest BCUT2D eigenvalue weighted by Crippen LogP contribution is -2.32. The van der Waals surface area contributed by atoms with Crippen molar-refractivity contribution in [3.63, 3.8) is 0 Å². The average molecular weight is 364 g/mol. The molecule has 0 radical (unpaired) electrons. The summed E-state index contributed by atoms with van der Waals surface area (Å²) < 4.78 is 26.9. The van der Waals surface area contributed by atoms with Crippen molar-refractivity contribution < 1.29 is 13.3 Å². The van der Waals surface area contributed by atoms with Crippen LogP contribution < -0.4 is 15.4 Å². The molecule has 0 saturated carbocycles. The third kappa shape index (κ3) is 4.75. The quantitative estimate of drug-likeness (QED) is 0.569. The smallest absolute Gasteiger partial charge is 0.269 e. The van der Waals surface area contributed by atoms with Crippen LogP contribution in [0.15, 0.2) is 53.4 Å². The summed E-state index contributed by atoms with van der Waals surface area (Å²) >= 11 is 0. The Balaban J connectivity index is 2.04. The largest absolute Gasteiger partial charge is 0.378 e. The molecular formula is C16H20N4O4S. The van der Waals surface area contributed by atoms with Gasteiger partial charge in [0.2, 0.25) is 10.0 Å². The van der Waals surface area contributed by atoms with Crippen molar-refractivity contribution in [3.05, 3.63) is 64.2 Å². The zero-order valence-electron chi connectivity index (χ0n) is 13.9. The van der Waals surface area contributed by atoms with E-state index in [4.69, 9.17) is 5.73 Å². The summed E-state index contributed by atoms with van der Waals surface area (Å²) in [6.07, 6.45) is 0. The predicted octanol–water partition coefficient (Wildman–Crippen LogP) is 1.64. The van der Waals surface area contributed by atoms with Gasteiger partial charge in [0, 0.05) is 44.5 Å². The Morgan fingerprint density at radius 2 is 1.68 bits per heavy atom. The Bertz CT molecular complexity index is 833. The molecule has 0 aromatic heterocycles. The highest BCUT2D eigenvalue weighted by molar-refractivity contribution is 7.89. The summed E-state index contributed by atoms with van der Waals surface area (Å²) in [5.74, 6) is 0. The van der Waals surface area contributed by atoms with E-state index >= 15 is 0 Å². The van der Waals surface area contributed by atoms with Crippen molar-refractivity contribution in [1.82, 2.24) is 4.72 Å². The van der Waals surface area contributed by atoms with Crippen molar-refractivity contribution in [3.8, 4) is 0 Å². The van der Waals surface area contributed by atoms with E-state index in [1.54, 1.807) is 0 Å². The van der Waals surface area contributed by atoms with E-state index in [9.17, 15) is 18.5 Å². The molecule has 0 amide bonds. The number of hydrogen-bond acceptors (Lipinski definition) is 6. The molecule has 9 heteroatoms. The first-order valence-corrected chi connectivity index (χ1v) is 8.96. The lowest BCUT2D eigenvalue weighted by atomic mass is 10.1. The molecule has 0 heterocycles. The monoisotopic (exact) mass is 364 g/mol. The number of sulfonamides is 1. The van der Waals surface area contributed by atoms with Crippen molar-refractivity contribution in [1.29, 1.82) is 0 Å². The highest BCUT2D eigenvalue weighted by Crippen LogP contribution is 2.18. The highest BCUT2D eigenvalue weighted by Gasteiger charge is 2.17. The van der Waals surface area contributed by atoms with Gasteiger partial charge in [0.25, 0.3) is 5.69 Å². The van der Waals surface area contributed by atoms with E-state index in [0.29, 0.717) is 0 Å². The Kier molecular flexibility index (Phi) is 5.73. The van der Waals surface area contributed by atoms with E-state index in [-0.39, 0.29) is 17.1 Å². The van der Waals surface area contributed by atoms with Crippen LogP contribution in [0, 0.1) is 10.1 Å². The minimum atomic E-state index is -3.79. The van der Waals surface area contributed by atoms with Gasteiger partial charge in [0.1, 0.15) is 0 Å². The van der Waals surface area contributed by atoms with Gasteiger partial charge in [-0.05, 0) is 29.8 Å². The second-order valence-electron chi connectivity index (χ2n) is 5.70. The molecule has 2 aromatic carbocycles. The molecule has 0 aliphatic rings. The molecule has 2 aromatic rings. The number of anilines is 1. The molecule has 0 spiro atoms. The van der Waals surface area contributed by atoms with Crippen molar-refractivity contribution in [2.24, 2.45) is 5.73 Å². The zero-order chi connectivity index (χ0) is 18.6. The third-order valence-corrected chi connectivity index (χ3v) is 5.13. The van der Waals surface area contributed by atoms with E-state index < -0.39 is 21.0 Å². The van der Waals surface area contributed by atoms with E-state index in [2.05, 4.69) is 4.72 Å². The average Bonchev–Trinajstić information content (AvgIpc) is 2.60. The van der Waals surface area contributed by atoms with Crippen LogP contribution in [0.4, 0.5) is 11.4 Å². The summed E-state index contributed by atoms with van der Waals surface area (Å²) in [5, 5.41) is 10.6. The number of rotatable bonds is 7. The number of nitro benzene ring substituents is 1. The van der Waals surface area contributed by atoms with E-state index in [0.717, 1.165) is 23.4 Å². The SMILES string of the molecule is CN(C)c1ccc([C@H](N)CNS(=O)(=O)c2ccc([N+](=O)[O-])cc2)cc1. The normalized spacial score (nSPS) is 12.6. The zero-order valence-corrected chi connectivity index (χ0v) is 14.7. The van der Waals surface area contributed by atoms with Crippen LogP contribution in [-0.4, -0.2) is 34.0 Å². The van der Waals surface area contributed by atoms with Crippen LogP contribution in [0.2, 0.25) is 0 Å². The van der Waals surface area contributed by atoms with Crippen LogP contribution in [0.25, 0.3) is 0 Å². The number of nitro groups is 1. The second kappa shape index (κ2) is 7.60. The summed E-state index contributed by atoms with van der Waals surface area (Å²) in [7, 11) is 0.0595. The molecule has 0 aliphatic heterocycles. The van der Waals surface area contributed by atoms with Gasteiger partial charge in [-0.15, -0.1) is 0 Å². The number of nitrogens with zero attached hydrogens (tertiary/aromatic N) is 2. The van der Waals surface area contributed by atoms with Crippen molar-refractivity contribution >= 4 is 21.4 Å². The number of nitrogens with two attached hydrogens (primary N) is 1. The molecule has 0 unspecified atom stereocenters. The van der Waals surface area contributed by atoms with E-state index in [1.165, 1.54) is 12.1 Å². The van der Waals surface area contributed by atoms with Crippen molar-refractivity contribution in [2.45, 2.75) is 10.9 Å². The number of non-ortho nitro benzene ring substituents is 1. The summed E-state index contributed by atoms with van der Waals surface area (Å²) in [4.78, 5) is 11.9. The molecule has 0 bridgehead atoms. The van der Waals surface area contributed by atoms with Gasteiger partial charge in [-0.3, -0.25) is 10.1 Å². The van der Waals surface area contributed by atoms with Crippen molar-refractivity contribution in [2.75, 3.05) is 25.5 Å². The molecule has 134 valence electrons. The number of nitrogens with one attached hydrogen (secondary N) is 1. The molecule has 2 rings (SSSR count). The van der Waals surface area contributed by atoms with Crippen LogP contribution in [-0.2, 0) is 10.0 Å². The number of hydrogen-bond donors (Lipinski definition) is 2. The molecule has 1 atom stereocenters. The maximum atomic E-state index is 12.2. The molecule has 0 fully saturated rings.